The zero-order valence-corrected chi connectivity index (χ0v) is 11.8. The molecule has 22 heavy (non-hydrogen) atoms. The number of benzene rings is 1. The molecule has 1 saturated carbocycles. The van der Waals surface area contributed by atoms with E-state index in [1.165, 1.54) is 6.07 Å². The van der Waals surface area contributed by atoms with Crippen LogP contribution in [0.1, 0.15) is 12.8 Å². The van der Waals surface area contributed by atoms with Crippen LogP contribution < -0.4 is 14.8 Å². The summed E-state index contributed by atoms with van der Waals surface area (Å²) in [4.78, 5) is 4.01. The van der Waals surface area contributed by atoms with Crippen molar-refractivity contribution in [3.05, 3.63) is 42.7 Å². The Labute approximate surface area is 127 Å². The monoisotopic (exact) mass is 306 g/mol. The summed E-state index contributed by atoms with van der Waals surface area (Å²) in [6, 6.07) is 8.47. The topological polar surface area (TPSA) is 43.4 Å². The van der Waals surface area contributed by atoms with Gasteiger partial charge in [0, 0.05) is 18.0 Å². The molecule has 0 saturated heterocycles. The number of ether oxygens (including phenoxy) is 2. The highest BCUT2D eigenvalue weighted by molar-refractivity contribution is 5.62. The summed E-state index contributed by atoms with van der Waals surface area (Å²) < 4.78 is 35.0. The van der Waals surface area contributed by atoms with Crippen LogP contribution in [0.3, 0.4) is 0 Å². The summed E-state index contributed by atoms with van der Waals surface area (Å²) in [7, 11) is 0. The van der Waals surface area contributed by atoms with Crippen LogP contribution in [0.15, 0.2) is 42.7 Å². The lowest BCUT2D eigenvalue weighted by Gasteiger charge is -2.14. The van der Waals surface area contributed by atoms with Crippen molar-refractivity contribution in [3.8, 4) is 11.5 Å². The predicted octanol–water partition coefficient (Wildman–Crippen LogP) is 4.22. The van der Waals surface area contributed by atoms with E-state index in [0.717, 1.165) is 24.2 Å². The average molecular weight is 306 g/mol. The second-order valence-corrected chi connectivity index (χ2v) is 5.16. The average Bonchev–Trinajstić information content (AvgIpc) is 3.32. The number of anilines is 2. The minimum atomic E-state index is -2.87. The number of hydrogen-bond donors (Lipinski definition) is 1. The van der Waals surface area contributed by atoms with Gasteiger partial charge in [0.15, 0.2) is 11.5 Å². The Morgan fingerprint density at radius 3 is 2.73 bits per heavy atom. The van der Waals surface area contributed by atoms with E-state index in [2.05, 4.69) is 15.0 Å². The second-order valence-electron chi connectivity index (χ2n) is 5.16. The second kappa shape index (κ2) is 6.60. The minimum absolute atomic E-state index is 0.0485. The van der Waals surface area contributed by atoms with Gasteiger partial charge in [-0.25, -0.2) is 0 Å². The molecule has 0 bridgehead atoms. The third-order valence-corrected chi connectivity index (χ3v) is 3.28. The predicted molar refractivity (Wildman–Crippen MR) is 78.8 cm³/mol. The molecule has 1 heterocycles. The molecule has 1 aliphatic carbocycles. The summed E-state index contributed by atoms with van der Waals surface area (Å²) in [6.45, 7) is -2.35. The van der Waals surface area contributed by atoms with Gasteiger partial charge in [-0.2, -0.15) is 8.78 Å². The van der Waals surface area contributed by atoms with Gasteiger partial charge >= 0.3 is 6.61 Å². The van der Waals surface area contributed by atoms with Crippen LogP contribution in [0.25, 0.3) is 0 Å². The van der Waals surface area contributed by atoms with Crippen molar-refractivity contribution in [1.82, 2.24) is 4.98 Å². The Hall–Kier alpha value is -2.37. The van der Waals surface area contributed by atoms with E-state index in [0.29, 0.717) is 18.3 Å². The fourth-order valence-electron chi connectivity index (χ4n) is 1.99. The smallest absolute Gasteiger partial charge is 0.387 e. The molecule has 6 heteroatoms. The first-order valence-corrected chi connectivity index (χ1v) is 7.09. The standard InChI is InChI=1S/C16H16F2N2O2/c17-16(18)22-14-6-5-12(20-13-2-1-7-19-9-13)8-15(14)21-10-11-3-4-11/h1-2,5-9,11,16,20H,3-4,10H2. The zero-order valence-electron chi connectivity index (χ0n) is 11.8. The summed E-state index contributed by atoms with van der Waals surface area (Å²) in [5, 5.41) is 3.14. The van der Waals surface area contributed by atoms with Crippen molar-refractivity contribution in [2.45, 2.75) is 19.5 Å². The lowest BCUT2D eigenvalue weighted by Crippen LogP contribution is -2.06. The summed E-state index contributed by atoms with van der Waals surface area (Å²) >= 11 is 0. The van der Waals surface area contributed by atoms with Crippen molar-refractivity contribution in [2.75, 3.05) is 11.9 Å². The molecule has 4 nitrogen and oxygen atoms in total. The van der Waals surface area contributed by atoms with Crippen molar-refractivity contribution in [3.63, 3.8) is 0 Å². The van der Waals surface area contributed by atoms with E-state index >= 15 is 0 Å². The third kappa shape index (κ3) is 4.07. The molecule has 3 rings (SSSR count). The highest BCUT2D eigenvalue weighted by Crippen LogP contribution is 2.35. The Balaban J connectivity index is 1.77. The van der Waals surface area contributed by atoms with E-state index < -0.39 is 6.61 Å². The van der Waals surface area contributed by atoms with E-state index in [9.17, 15) is 8.78 Å². The molecule has 0 amide bonds. The number of aromatic nitrogens is 1. The molecule has 1 aliphatic rings. The van der Waals surface area contributed by atoms with E-state index in [-0.39, 0.29) is 5.75 Å². The van der Waals surface area contributed by atoms with Crippen molar-refractivity contribution >= 4 is 11.4 Å². The molecule has 0 unspecified atom stereocenters. The zero-order chi connectivity index (χ0) is 15.4. The molecule has 1 fully saturated rings. The van der Waals surface area contributed by atoms with E-state index in [1.807, 2.05) is 6.07 Å². The van der Waals surface area contributed by atoms with E-state index in [4.69, 9.17) is 4.74 Å². The lowest BCUT2D eigenvalue weighted by atomic mass is 10.2. The number of rotatable bonds is 7. The fourth-order valence-corrected chi connectivity index (χ4v) is 1.99. The number of nitrogens with zero attached hydrogens (tertiary/aromatic N) is 1. The van der Waals surface area contributed by atoms with Crippen LogP contribution in [0, 0.1) is 5.92 Å². The number of halogens is 2. The van der Waals surface area contributed by atoms with Crippen LogP contribution in [0.5, 0.6) is 11.5 Å². The summed E-state index contributed by atoms with van der Waals surface area (Å²) in [6.07, 6.45) is 5.60. The Morgan fingerprint density at radius 1 is 1.18 bits per heavy atom. The Kier molecular flexibility index (Phi) is 4.37. The molecule has 0 radical (unpaired) electrons. The van der Waals surface area contributed by atoms with Crippen molar-refractivity contribution in [2.24, 2.45) is 5.92 Å². The number of hydrogen-bond acceptors (Lipinski definition) is 4. The minimum Gasteiger partial charge on any atom is -0.489 e. The van der Waals surface area contributed by atoms with Crippen LogP contribution in [-0.2, 0) is 0 Å². The largest absolute Gasteiger partial charge is 0.489 e. The highest BCUT2D eigenvalue weighted by atomic mass is 19.3. The van der Waals surface area contributed by atoms with Gasteiger partial charge in [-0.1, -0.05) is 0 Å². The van der Waals surface area contributed by atoms with Gasteiger partial charge < -0.3 is 14.8 Å². The SMILES string of the molecule is FC(F)Oc1ccc(Nc2cccnc2)cc1OCC1CC1. The maximum atomic E-state index is 12.5. The molecule has 1 N–H and O–H groups in total. The maximum absolute atomic E-state index is 12.5. The van der Waals surface area contributed by atoms with Gasteiger partial charge in [-0.15, -0.1) is 0 Å². The van der Waals surface area contributed by atoms with Gasteiger partial charge in [0.25, 0.3) is 0 Å². The molecule has 0 atom stereocenters. The first-order chi connectivity index (χ1) is 10.7. The molecule has 1 aromatic heterocycles. The number of nitrogens with one attached hydrogen (secondary N) is 1. The van der Waals surface area contributed by atoms with Crippen LogP contribution in [-0.4, -0.2) is 18.2 Å². The molecule has 0 aliphatic heterocycles. The first kappa shape index (κ1) is 14.6. The first-order valence-electron chi connectivity index (χ1n) is 7.09. The lowest BCUT2D eigenvalue weighted by molar-refractivity contribution is -0.0515. The fraction of sp³-hybridized carbons (Fsp3) is 0.312. The Morgan fingerprint density at radius 2 is 2.05 bits per heavy atom. The molecule has 2 aromatic rings. The maximum Gasteiger partial charge on any atom is 0.387 e. The van der Waals surface area contributed by atoms with Gasteiger partial charge in [-0.3, -0.25) is 4.98 Å². The Bertz CT molecular complexity index is 619. The molecule has 0 spiro atoms. The van der Waals surface area contributed by atoms with Crippen molar-refractivity contribution in [1.29, 1.82) is 0 Å². The highest BCUT2D eigenvalue weighted by Gasteiger charge is 2.23. The molecule has 116 valence electrons. The van der Waals surface area contributed by atoms with Gasteiger partial charge in [0.05, 0.1) is 18.5 Å². The molecule has 1 aromatic carbocycles. The van der Waals surface area contributed by atoms with Crippen molar-refractivity contribution < 1.29 is 18.3 Å². The summed E-state index contributed by atoms with van der Waals surface area (Å²) in [5.74, 6) is 0.891. The third-order valence-electron chi connectivity index (χ3n) is 3.28. The normalized spacial score (nSPS) is 14.0. The van der Waals surface area contributed by atoms with Gasteiger partial charge in [-0.05, 0) is 43.0 Å². The molecular weight excluding hydrogens is 290 g/mol. The number of alkyl halides is 2. The van der Waals surface area contributed by atoms with Gasteiger partial charge in [0.2, 0.25) is 0 Å². The van der Waals surface area contributed by atoms with Crippen LogP contribution >= 0.6 is 0 Å². The quantitative estimate of drug-likeness (QED) is 0.832. The van der Waals surface area contributed by atoms with Crippen LogP contribution in [0.4, 0.5) is 20.2 Å². The summed E-state index contributed by atoms with van der Waals surface area (Å²) in [5.41, 5.74) is 1.53. The van der Waals surface area contributed by atoms with E-state index in [1.54, 1.807) is 30.6 Å². The molecular formula is C16H16F2N2O2. The van der Waals surface area contributed by atoms with Crippen LogP contribution in [0.2, 0.25) is 0 Å². The number of pyridine rings is 1. The van der Waals surface area contributed by atoms with Gasteiger partial charge in [0.1, 0.15) is 0 Å².